The number of allylic oxidation sites excluding steroid dienone is 1. The molecule has 3 heterocycles. The number of ether oxygens (including phenoxy) is 2. The number of carbonyl (C=O) groups excluding carboxylic acids is 1. The summed E-state index contributed by atoms with van der Waals surface area (Å²) in [6, 6.07) is 5.75. The van der Waals surface area contributed by atoms with Gasteiger partial charge in [0.15, 0.2) is 16.7 Å². The Bertz CT molecular complexity index is 1200. The molecule has 0 aliphatic carbocycles. The van der Waals surface area contributed by atoms with Crippen molar-refractivity contribution in [3.05, 3.63) is 57.7 Å². The molecule has 0 fully saturated rings. The van der Waals surface area contributed by atoms with Gasteiger partial charge < -0.3 is 14.4 Å². The lowest BCUT2D eigenvalue weighted by Crippen LogP contribution is -2.37. The fourth-order valence-electron chi connectivity index (χ4n) is 3.64. The van der Waals surface area contributed by atoms with Crippen LogP contribution in [0.25, 0.3) is 10.2 Å². The number of thiophene rings is 1. The highest BCUT2D eigenvalue weighted by molar-refractivity contribution is 7.99. The molecule has 1 aliphatic heterocycles. The molecule has 0 radical (unpaired) electrons. The van der Waals surface area contributed by atoms with Crippen LogP contribution in [0.4, 0.5) is 0 Å². The molecule has 1 aromatic carbocycles. The van der Waals surface area contributed by atoms with Gasteiger partial charge in [0.2, 0.25) is 5.91 Å². The number of aromatic nitrogens is 2. The highest BCUT2D eigenvalue weighted by atomic mass is 32.2. The third kappa shape index (κ3) is 4.20. The number of hydrogen-bond acceptors (Lipinski definition) is 7. The molecule has 0 unspecified atom stereocenters. The number of thioether (sulfide) groups is 1. The Morgan fingerprint density at radius 3 is 2.74 bits per heavy atom. The molecule has 162 valence electrons. The average molecular weight is 458 g/mol. The van der Waals surface area contributed by atoms with Crippen molar-refractivity contribution in [1.82, 2.24) is 14.5 Å². The van der Waals surface area contributed by atoms with E-state index in [1.807, 2.05) is 28.5 Å². The molecule has 0 spiro atoms. The number of methoxy groups -OCH3 is 2. The van der Waals surface area contributed by atoms with E-state index in [0.717, 1.165) is 12.0 Å². The Kier molecular flexibility index (Phi) is 6.33. The minimum Gasteiger partial charge on any atom is -0.493 e. The van der Waals surface area contributed by atoms with Crippen molar-refractivity contribution in [1.29, 1.82) is 0 Å². The number of hydrogen-bond donors (Lipinski definition) is 0. The Morgan fingerprint density at radius 2 is 2.03 bits per heavy atom. The van der Waals surface area contributed by atoms with E-state index < -0.39 is 0 Å². The maximum Gasteiger partial charge on any atom is 0.272 e. The first-order chi connectivity index (χ1) is 15.0. The molecular weight excluding hydrogens is 434 g/mol. The van der Waals surface area contributed by atoms with Crippen LogP contribution in [-0.4, -0.2) is 46.9 Å². The second kappa shape index (κ2) is 9.15. The van der Waals surface area contributed by atoms with Crippen LogP contribution in [0.1, 0.15) is 11.1 Å². The van der Waals surface area contributed by atoms with Crippen molar-refractivity contribution in [2.24, 2.45) is 0 Å². The summed E-state index contributed by atoms with van der Waals surface area (Å²) >= 11 is 2.66. The summed E-state index contributed by atoms with van der Waals surface area (Å²) in [7, 11) is 3.22. The molecule has 0 N–H and O–H groups in total. The van der Waals surface area contributed by atoms with Crippen LogP contribution in [0.5, 0.6) is 11.5 Å². The molecule has 0 bridgehead atoms. The molecule has 0 atom stereocenters. The SMILES string of the molecule is C=CCn1c(SCC(=O)N2CCc3cc(OC)c(OC)cc3C2)nc2ccsc2c1=O. The van der Waals surface area contributed by atoms with Gasteiger partial charge in [-0.3, -0.25) is 14.2 Å². The van der Waals surface area contributed by atoms with Gasteiger partial charge in [-0.05, 0) is 41.1 Å². The lowest BCUT2D eigenvalue weighted by atomic mass is 9.99. The first kappa shape index (κ1) is 21.5. The Labute approximate surface area is 188 Å². The van der Waals surface area contributed by atoms with Gasteiger partial charge in [0, 0.05) is 19.6 Å². The summed E-state index contributed by atoms with van der Waals surface area (Å²) in [5.41, 5.74) is 2.79. The first-order valence-electron chi connectivity index (χ1n) is 9.79. The maximum atomic E-state index is 12.9. The number of benzene rings is 1. The van der Waals surface area contributed by atoms with Gasteiger partial charge in [0.1, 0.15) is 4.70 Å². The van der Waals surface area contributed by atoms with E-state index in [1.165, 1.54) is 28.7 Å². The van der Waals surface area contributed by atoms with Gasteiger partial charge in [-0.1, -0.05) is 17.8 Å². The normalized spacial score (nSPS) is 13.2. The highest BCUT2D eigenvalue weighted by Gasteiger charge is 2.23. The molecule has 4 rings (SSSR count). The molecule has 31 heavy (non-hydrogen) atoms. The van der Waals surface area contributed by atoms with Crippen LogP contribution in [0.3, 0.4) is 0 Å². The van der Waals surface area contributed by atoms with E-state index in [-0.39, 0.29) is 17.2 Å². The Balaban J connectivity index is 1.51. The fourth-order valence-corrected chi connectivity index (χ4v) is 5.33. The van der Waals surface area contributed by atoms with Crippen LogP contribution in [0.15, 0.2) is 46.2 Å². The highest BCUT2D eigenvalue weighted by Crippen LogP contribution is 2.33. The van der Waals surface area contributed by atoms with E-state index in [0.29, 0.717) is 46.5 Å². The van der Waals surface area contributed by atoms with E-state index in [4.69, 9.17) is 9.47 Å². The molecule has 1 aliphatic rings. The zero-order valence-corrected chi connectivity index (χ0v) is 19.1. The fraction of sp³-hybridized carbons (Fsp3) is 0.318. The number of fused-ring (bicyclic) bond motifs is 2. The third-order valence-electron chi connectivity index (χ3n) is 5.24. The molecule has 0 saturated carbocycles. The quantitative estimate of drug-likeness (QED) is 0.308. The van der Waals surface area contributed by atoms with Crippen molar-refractivity contribution in [2.45, 2.75) is 24.7 Å². The smallest absolute Gasteiger partial charge is 0.272 e. The van der Waals surface area contributed by atoms with Crippen LogP contribution in [0.2, 0.25) is 0 Å². The minimum absolute atomic E-state index is 0.00949. The number of nitrogens with zero attached hydrogens (tertiary/aromatic N) is 3. The molecule has 7 nitrogen and oxygen atoms in total. The van der Waals surface area contributed by atoms with Crippen molar-refractivity contribution in [3.63, 3.8) is 0 Å². The van der Waals surface area contributed by atoms with Gasteiger partial charge >= 0.3 is 0 Å². The zero-order valence-electron chi connectivity index (χ0n) is 17.4. The summed E-state index contributed by atoms with van der Waals surface area (Å²) in [6.07, 6.45) is 2.42. The largest absolute Gasteiger partial charge is 0.493 e. The number of amides is 1. The van der Waals surface area contributed by atoms with Gasteiger partial charge in [-0.2, -0.15) is 0 Å². The van der Waals surface area contributed by atoms with E-state index in [9.17, 15) is 9.59 Å². The molecule has 1 amide bonds. The van der Waals surface area contributed by atoms with Crippen molar-refractivity contribution in [3.8, 4) is 11.5 Å². The first-order valence-corrected chi connectivity index (χ1v) is 11.7. The summed E-state index contributed by atoms with van der Waals surface area (Å²) in [5.74, 6) is 1.58. The Morgan fingerprint density at radius 1 is 1.29 bits per heavy atom. The van der Waals surface area contributed by atoms with Crippen molar-refractivity contribution >= 4 is 39.2 Å². The predicted octanol–water partition coefficient (Wildman–Crippen LogP) is 3.34. The van der Waals surface area contributed by atoms with E-state index in [2.05, 4.69) is 11.6 Å². The second-order valence-corrected chi connectivity index (χ2v) is 8.92. The lowest BCUT2D eigenvalue weighted by molar-refractivity contribution is -0.129. The molecule has 2 aromatic heterocycles. The number of rotatable bonds is 7. The van der Waals surface area contributed by atoms with E-state index in [1.54, 1.807) is 24.9 Å². The topological polar surface area (TPSA) is 73.7 Å². The minimum atomic E-state index is -0.0946. The van der Waals surface area contributed by atoms with Crippen LogP contribution in [-0.2, 0) is 24.3 Å². The third-order valence-corrected chi connectivity index (χ3v) is 7.09. The van der Waals surface area contributed by atoms with Gasteiger partial charge in [0.25, 0.3) is 5.56 Å². The maximum absolute atomic E-state index is 12.9. The summed E-state index contributed by atoms with van der Waals surface area (Å²) in [5, 5.41) is 2.39. The number of carbonyl (C=O) groups is 1. The van der Waals surface area contributed by atoms with Gasteiger partial charge in [-0.25, -0.2) is 4.98 Å². The summed E-state index contributed by atoms with van der Waals surface area (Å²) < 4.78 is 13.0. The zero-order chi connectivity index (χ0) is 22.0. The van der Waals surface area contributed by atoms with Crippen LogP contribution < -0.4 is 15.0 Å². The van der Waals surface area contributed by atoms with Crippen molar-refractivity contribution < 1.29 is 14.3 Å². The van der Waals surface area contributed by atoms with Crippen LogP contribution >= 0.6 is 23.1 Å². The molecular formula is C22H23N3O4S2. The molecule has 3 aromatic rings. The Hall–Kier alpha value is -2.78. The average Bonchev–Trinajstić information content (AvgIpc) is 3.27. The monoisotopic (exact) mass is 457 g/mol. The van der Waals surface area contributed by atoms with Gasteiger partial charge in [-0.15, -0.1) is 17.9 Å². The van der Waals surface area contributed by atoms with E-state index >= 15 is 0 Å². The molecule has 9 heteroatoms. The predicted molar refractivity (Wildman–Crippen MR) is 123 cm³/mol. The standard InChI is InChI=1S/C22H23N3O4S2/c1-4-7-25-21(27)20-16(6-9-30-20)23-22(25)31-13-19(26)24-8-5-14-10-17(28-2)18(29-3)11-15(14)12-24/h4,6,9-11H,1,5,7-8,12-13H2,2-3H3. The van der Waals surface area contributed by atoms with Crippen LogP contribution in [0, 0.1) is 0 Å². The summed E-state index contributed by atoms with van der Waals surface area (Å²) in [4.78, 5) is 32.1. The van der Waals surface area contributed by atoms with Crippen molar-refractivity contribution in [2.75, 3.05) is 26.5 Å². The molecule has 0 saturated heterocycles. The lowest BCUT2D eigenvalue weighted by Gasteiger charge is -2.29. The second-order valence-electron chi connectivity index (χ2n) is 7.06. The summed E-state index contributed by atoms with van der Waals surface area (Å²) in [6.45, 7) is 5.25. The van der Waals surface area contributed by atoms with Gasteiger partial charge in [0.05, 0.1) is 25.5 Å².